The van der Waals surface area contributed by atoms with Gasteiger partial charge in [-0.25, -0.2) is 18.7 Å². The minimum Gasteiger partial charge on any atom is -0.333 e. The van der Waals surface area contributed by atoms with Crippen molar-refractivity contribution in [2.45, 2.75) is 79.9 Å². The largest absolute Gasteiger partial charge is 0.333 e. The molecule has 1 unspecified atom stereocenters. The summed E-state index contributed by atoms with van der Waals surface area (Å²) in [5.74, 6) is -0.669. The summed E-state index contributed by atoms with van der Waals surface area (Å²) in [5, 5.41) is 15.9. The van der Waals surface area contributed by atoms with Crippen molar-refractivity contribution in [3.8, 4) is 6.07 Å². The van der Waals surface area contributed by atoms with Crippen LogP contribution in [-0.2, 0) is 17.9 Å². The fraction of sp³-hybridized carbons (Fsp3) is 0.516. The molecule has 1 fully saturated rings. The van der Waals surface area contributed by atoms with Gasteiger partial charge in [-0.3, -0.25) is 19.5 Å². The second-order valence-electron chi connectivity index (χ2n) is 13.2. The molecule has 0 aromatic carbocycles. The first-order valence-electron chi connectivity index (χ1n) is 14.3. The molecule has 0 aliphatic carbocycles. The Labute approximate surface area is 255 Å². The molecule has 1 aliphatic heterocycles. The number of likely N-dealkylation sites (tertiary alicyclic amines) is 1. The van der Waals surface area contributed by atoms with Crippen molar-refractivity contribution in [2.75, 3.05) is 18.4 Å². The monoisotopic (exact) mass is 611 g/mol. The number of nitriles is 1. The van der Waals surface area contributed by atoms with Crippen LogP contribution < -0.4 is 10.6 Å². The quantitative estimate of drug-likeness (QED) is 0.217. The molecule has 0 bridgehead atoms. The Morgan fingerprint density at radius 1 is 1.23 bits per heavy atom. The Morgan fingerprint density at radius 3 is 2.60 bits per heavy atom. The van der Waals surface area contributed by atoms with Crippen LogP contribution in [0.4, 0.5) is 14.7 Å². The van der Waals surface area contributed by atoms with E-state index >= 15 is 0 Å². The number of thiophene rings is 1. The molecule has 12 heteroatoms. The van der Waals surface area contributed by atoms with E-state index in [1.54, 1.807) is 21.7 Å². The van der Waals surface area contributed by atoms with Gasteiger partial charge in [0.1, 0.15) is 17.2 Å². The first-order valence-corrected chi connectivity index (χ1v) is 15.2. The summed E-state index contributed by atoms with van der Waals surface area (Å²) in [6.45, 7) is 14.4. The van der Waals surface area contributed by atoms with Crippen molar-refractivity contribution in [2.24, 2.45) is 10.8 Å². The third-order valence-corrected chi connectivity index (χ3v) is 7.97. The average Bonchev–Trinajstić information content (AvgIpc) is 3.65. The lowest BCUT2D eigenvalue weighted by molar-refractivity contribution is -0.127. The van der Waals surface area contributed by atoms with Gasteiger partial charge >= 0.3 is 0 Å². The summed E-state index contributed by atoms with van der Waals surface area (Å²) < 4.78 is 28.1. The van der Waals surface area contributed by atoms with E-state index < -0.39 is 12.3 Å². The van der Waals surface area contributed by atoms with Crippen molar-refractivity contribution in [1.82, 2.24) is 24.8 Å². The number of alkyl halides is 2. The van der Waals surface area contributed by atoms with Crippen LogP contribution in [0.5, 0.6) is 0 Å². The van der Waals surface area contributed by atoms with E-state index in [4.69, 9.17) is 0 Å². The van der Waals surface area contributed by atoms with Gasteiger partial charge in [-0.05, 0) is 47.4 Å². The number of nitrogens with zero attached hydrogens (tertiary/aromatic N) is 5. The number of imidazole rings is 1. The summed E-state index contributed by atoms with van der Waals surface area (Å²) >= 11 is 0.729. The van der Waals surface area contributed by atoms with Crippen LogP contribution in [0.25, 0.3) is 11.2 Å². The van der Waals surface area contributed by atoms with Gasteiger partial charge in [-0.2, -0.15) is 5.26 Å². The number of halogens is 2. The summed E-state index contributed by atoms with van der Waals surface area (Å²) in [5.41, 5.74) is 1.87. The molecular formula is C31H39F2N7O2S. The molecule has 3 aromatic rings. The zero-order chi connectivity index (χ0) is 31.5. The Hall–Kier alpha value is -3.69. The molecule has 0 spiro atoms. The van der Waals surface area contributed by atoms with Crippen LogP contribution in [0, 0.1) is 22.2 Å². The van der Waals surface area contributed by atoms with Gasteiger partial charge in [-0.1, -0.05) is 47.6 Å². The maximum Gasteiger partial charge on any atom is 0.272 e. The minimum absolute atomic E-state index is 0.0986. The first-order chi connectivity index (χ1) is 20.1. The standard InChI is InChI=1S/C31H39F2N7O2S/c1-30(2,3)13-20(14-34)28(42)39-11-7-8-21(39)17-40-26-22(12-19(16-36-26)15-35-18-31(4,5)6)37-29(40)38-27(41)24-10-9-23(43-24)25(32)33/h9-10,12-13,16,21,25,35H,7-8,11,15,17-18H2,1-6H3,(H,37,38,41)/b20-13+. The summed E-state index contributed by atoms with van der Waals surface area (Å²) in [4.78, 5) is 37.6. The van der Waals surface area contributed by atoms with E-state index in [1.807, 2.05) is 26.8 Å². The molecule has 0 radical (unpaired) electrons. The average molecular weight is 612 g/mol. The van der Waals surface area contributed by atoms with Crippen molar-refractivity contribution in [1.29, 1.82) is 5.26 Å². The lowest BCUT2D eigenvalue weighted by atomic mass is 9.93. The molecule has 2 amide bonds. The summed E-state index contributed by atoms with van der Waals surface area (Å²) in [6.07, 6.45) is 2.25. The van der Waals surface area contributed by atoms with Gasteiger partial charge in [0.15, 0.2) is 5.65 Å². The lowest BCUT2D eigenvalue weighted by Crippen LogP contribution is -2.39. The second kappa shape index (κ2) is 12.9. The highest BCUT2D eigenvalue weighted by molar-refractivity contribution is 7.14. The van der Waals surface area contributed by atoms with Gasteiger partial charge in [0.25, 0.3) is 18.2 Å². The molecule has 230 valence electrons. The van der Waals surface area contributed by atoms with Gasteiger partial charge in [0.2, 0.25) is 5.95 Å². The highest BCUT2D eigenvalue weighted by Crippen LogP contribution is 2.30. The second-order valence-corrected chi connectivity index (χ2v) is 14.3. The molecule has 0 saturated carbocycles. The fourth-order valence-corrected chi connectivity index (χ4v) is 5.75. The minimum atomic E-state index is -2.66. The molecule has 43 heavy (non-hydrogen) atoms. The summed E-state index contributed by atoms with van der Waals surface area (Å²) in [6, 6.07) is 6.32. The molecule has 1 aliphatic rings. The Balaban J connectivity index is 1.66. The van der Waals surface area contributed by atoms with E-state index in [0.29, 0.717) is 30.7 Å². The van der Waals surface area contributed by atoms with E-state index in [-0.39, 0.29) is 50.6 Å². The van der Waals surface area contributed by atoms with Crippen LogP contribution in [0.1, 0.15) is 80.9 Å². The number of rotatable bonds is 9. The molecule has 4 heterocycles. The maximum absolute atomic E-state index is 13.4. The Bertz CT molecular complexity index is 1560. The highest BCUT2D eigenvalue weighted by Gasteiger charge is 2.33. The third kappa shape index (κ3) is 8.24. The predicted octanol–water partition coefficient (Wildman–Crippen LogP) is 6.31. The van der Waals surface area contributed by atoms with E-state index in [1.165, 1.54) is 12.1 Å². The smallest absolute Gasteiger partial charge is 0.272 e. The molecule has 4 rings (SSSR count). The van der Waals surface area contributed by atoms with Crippen molar-refractivity contribution in [3.63, 3.8) is 0 Å². The topological polar surface area (TPSA) is 116 Å². The number of pyridine rings is 1. The number of hydrogen-bond acceptors (Lipinski definition) is 7. The number of amides is 2. The number of carbonyl (C=O) groups excluding carboxylic acids is 2. The van der Waals surface area contributed by atoms with Crippen molar-refractivity contribution < 1.29 is 18.4 Å². The molecular weight excluding hydrogens is 572 g/mol. The van der Waals surface area contributed by atoms with Gasteiger partial charge in [-0.15, -0.1) is 11.3 Å². The number of carbonyl (C=O) groups is 2. The zero-order valence-corrected chi connectivity index (χ0v) is 26.3. The van der Waals surface area contributed by atoms with Crippen molar-refractivity contribution >= 4 is 40.3 Å². The molecule has 9 nitrogen and oxygen atoms in total. The number of allylic oxidation sites excluding steroid dienone is 1. The van der Waals surface area contributed by atoms with Crippen LogP contribution in [0.15, 0.2) is 36.0 Å². The predicted molar refractivity (Wildman–Crippen MR) is 164 cm³/mol. The normalized spacial score (nSPS) is 16.2. The van der Waals surface area contributed by atoms with E-state index in [9.17, 15) is 23.6 Å². The number of fused-ring (bicyclic) bond motifs is 1. The van der Waals surface area contributed by atoms with E-state index in [2.05, 4.69) is 47.4 Å². The SMILES string of the molecule is CC(C)(C)/C=C(\C#N)C(=O)N1CCCC1Cn1c(NC(=O)c2ccc(C(F)F)s2)nc2cc(CNCC(C)(C)C)cnc21. The number of anilines is 1. The molecule has 3 aromatic heterocycles. The lowest BCUT2D eigenvalue weighted by Gasteiger charge is -2.26. The number of nitrogens with one attached hydrogen (secondary N) is 2. The van der Waals surface area contributed by atoms with Crippen LogP contribution in [0.3, 0.4) is 0 Å². The maximum atomic E-state index is 13.4. The molecule has 2 N–H and O–H groups in total. The molecule has 1 saturated heterocycles. The summed E-state index contributed by atoms with van der Waals surface area (Å²) in [7, 11) is 0. The van der Waals surface area contributed by atoms with E-state index in [0.717, 1.165) is 29.9 Å². The number of hydrogen-bond donors (Lipinski definition) is 2. The van der Waals surface area contributed by atoms with Crippen LogP contribution in [-0.4, -0.2) is 50.4 Å². The van der Waals surface area contributed by atoms with Crippen LogP contribution >= 0.6 is 11.3 Å². The first kappa shape index (κ1) is 32.2. The zero-order valence-electron chi connectivity index (χ0n) is 25.5. The van der Waals surface area contributed by atoms with Gasteiger partial charge in [0, 0.05) is 32.4 Å². The van der Waals surface area contributed by atoms with Crippen molar-refractivity contribution in [3.05, 3.63) is 51.4 Å². The van der Waals surface area contributed by atoms with Crippen LogP contribution in [0.2, 0.25) is 0 Å². The highest BCUT2D eigenvalue weighted by atomic mass is 32.1. The van der Waals surface area contributed by atoms with Gasteiger partial charge in [0.05, 0.1) is 15.8 Å². The number of aromatic nitrogens is 3. The third-order valence-electron chi connectivity index (χ3n) is 6.88. The fourth-order valence-electron chi connectivity index (χ4n) is 4.99. The van der Waals surface area contributed by atoms with Gasteiger partial charge < -0.3 is 10.2 Å². The molecule has 1 atom stereocenters. The Morgan fingerprint density at radius 2 is 1.98 bits per heavy atom. The Kier molecular flexibility index (Phi) is 9.66.